The summed E-state index contributed by atoms with van der Waals surface area (Å²) < 4.78 is 16.2. The van der Waals surface area contributed by atoms with Gasteiger partial charge in [0.2, 0.25) is 5.78 Å². The summed E-state index contributed by atoms with van der Waals surface area (Å²) >= 11 is 0. The predicted octanol–water partition coefficient (Wildman–Crippen LogP) is 2.64. The number of carboxylic acids is 1. The lowest BCUT2D eigenvalue weighted by atomic mass is 9.91. The molecule has 1 aliphatic heterocycles. The molecule has 3 rings (SSSR count). The van der Waals surface area contributed by atoms with Crippen LogP contribution in [0.2, 0.25) is 0 Å². The van der Waals surface area contributed by atoms with Crippen LogP contribution >= 0.6 is 0 Å². The molecule has 1 aliphatic rings. The minimum atomic E-state index is -0.987. The van der Waals surface area contributed by atoms with Gasteiger partial charge in [0.25, 0.3) is 0 Å². The van der Waals surface area contributed by atoms with E-state index in [9.17, 15) is 14.7 Å². The Balaban J connectivity index is 2.24. The van der Waals surface area contributed by atoms with E-state index in [2.05, 4.69) is 0 Å². The normalized spacial score (nSPS) is 14.0. The van der Waals surface area contributed by atoms with E-state index in [1.54, 1.807) is 25.1 Å². The summed E-state index contributed by atoms with van der Waals surface area (Å²) in [5, 5.41) is 9.33. The third-order valence-electron chi connectivity index (χ3n) is 3.97. The zero-order valence-electron chi connectivity index (χ0n) is 12.8. The first kappa shape index (κ1) is 15.1. The molecule has 0 aliphatic carbocycles. The molecule has 2 aromatic rings. The fourth-order valence-electron chi connectivity index (χ4n) is 2.75. The number of hydrogen-bond acceptors (Lipinski definition) is 5. The van der Waals surface area contributed by atoms with E-state index >= 15 is 0 Å². The molecule has 23 heavy (non-hydrogen) atoms. The summed E-state index contributed by atoms with van der Waals surface area (Å²) in [5.41, 5.74) is 1.49. The average molecular weight is 316 g/mol. The van der Waals surface area contributed by atoms with Gasteiger partial charge in [0.05, 0.1) is 25.9 Å². The van der Waals surface area contributed by atoms with E-state index in [4.69, 9.17) is 13.9 Å². The molecule has 1 unspecified atom stereocenters. The lowest BCUT2D eigenvalue weighted by Gasteiger charge is -2.18. The molecule has 2 heterocycles. The molecule has 6 heteroatoms. The first-order valence-electron chi connectivity index (χ1n) is 7.22. The highest BCUT2D eigenvalue weighted by Crippen LogP contribution is 2.42. The van der Waals surface area contributed by atoms with Gasteiger partial charge < -0.3 is 19.0 Å². The number of benzene rings is 1. The first-order chi connectivity index (χ1) is 11.0. The van der Waals surface area contributed by atoms with Gasteiger partial charge in [-0.15, -0.1) is 0 Å². The summed E-state index contributed by atoms with van der Waals surface area (Å²) in [4.78, 5) is 24.2. The molecule has 1 aromatic carbocycles. The third kappa shape index (κ3) is 2.46. The molecule has 6 nitrogen and oxygen atoms in total. The molecular formula is C17H16O6. The number of carbonyl (C=O) groups is 2. The van der Waals surface area contributed by atoms with E-state index in [1.807, 2.05) is 0 Å². The van der Waals surface area contributed by atoms with E-state index in [0.717, 1.165) is 5.56 Å². The monoisotopic (exact) mass is 316 g/mol. The maximum absolute atomic E-state index is 12.8. The van der Waals surface area contributed by atoms with E-state index in [1.165, 1.54) is 13.4 Å². The quantitative estimate of drug-likeness (QED) is 0.853. The highest BCUT2D eigenvalue weighted by Gasteiger charge is 2.32. The van der Waals surface area contributed by atoms with Crippen LogP contribution in [0.3, 0.4) is 0 Å². The summed E-state index contributed by atoms with van der Waals surface area (Å²) in [6.45, 7) is 2.01. The van der Waals surface area contributed by atoms with Gasteiger partial charge in [-0.1, -0.05) is 0 Å². The number of carbonyl (C=O) groups excluding carboxylic acids is 1. The second kappa shape index (κ2) is 5.79. The molecule has 1 N–H and O–H groups in total. The fraction of sp³-hybridized carbons (Fsp3) is 0.294. The lowest BCUT2D eigenvalue weighted by molar-refractivity contribution is -0.138. The van der Waals surface area contributed by atoms with Crippen LogP contribution in [-0.2, 0) is 11.2 Å². The van der Waals surface area contributed by atoms with Crippen LogP contribution in [-0.4, -0.2) is 30.6 Å². The number of fused-ring (bicyclic) bond motifs is 1. The van der Waals surface area contributed by atoms with Gasteiger partial charge in [-0.2, -0.15) is 0 Å². The van der Waals surface area contributed by atoms with Gasteiger partial charge in [-0.3, -0.25) is 9.59 Å². The van der Waals surface area contributed by atoms with Crippen molar-refractivity contribution < 1.29 is 28.6 Å². The molecule has 120 valence electrons. The van der Waals surface area contributed by atoms with Gasteiger partial charge in [0.15, 0.2) is 5.76 Å². The second-order valence-corrected chi connectivity index (χ2v) is 5.33. The predicted molar refractivity (Wildman–Crippen MR) is 80.4 cm³/mol. The maximum Gasteiger partial charge on any atom is 0.310 e. The van der Waals surface area contributed by atoms with Crippen LogP contribution in [0.5, 0.6) is 11.5 Å². The van der Waals surface area contributed by atoms with Crippen molar-refractivity contribution in [3.63, 3.8) is 0 Å². The van der Waals surface area contributed by atoms with Crippen molar-refractivity contribution in [1.29, 1.82) is 0 Å². The van der Waals surface area contributed by atoms with E-state index in [0.29, 0.717) is 24.3 Å². The zero-order valence-corrected chi connectivity index (χ0v) is 12.8. The van der Waals surface area contributed by atoms with Crippen molar-refractivity contribution >= 4 is 11.8 Å². The summed E-state index contributed by atoms with van der Waals surface area (Å²) in [7, 11) is 1.41. The molecule has 0 spiro atoms. The summed E-state index contributed by atoms with van der Waals surface area (Å²) in [6, 6.07) is 4.92. The van der Waals surface area contributed by atoms with Crippen molar-refractivity contribution in [2.24, 2.45) is 0 Å². The van der Waals surface area contributed by atoms with Gasteiger partial charge in [0.1, 0.15) is 17.1 Å². The highest BCUT2D eigenvalue weighted by atomic mass is 16.5. The van der Waals surface area contributed by atoms with E-state index in [-0.39, 0.29) is 22.9 Å². The van der Waals surface area contributed by atoms with Crippen LogP contribution in [0.1, 0.15) is 40.1 Å². The summed E-state index contributed by atoms with van der Waals surface area (Å²) in [5.74, 6) is -1.35. The average Bonchev–Trinajstić information content (AvgIpc) is 3.22. The van der Waals surface area contributed by atoms with Crippen molar-refractivity contribution in [1.82, 2.24) is 0 Å². The second-order valence-electron chi connectivity index (χ2n) is 5.33. The first-order valence-corrected chi connectivity index (χ1v) is 7.22. The lowest BCUT2D eigenvalue weighted by Crippen LogP contribution is -2.13. The van der Waals surface area contributed by atoms with Crippen molar-refractivity contribution in [2.45, 2.75) is 19.3 Å². The van der Waals surface area contributed by atoms with Gasteiger partial charge in [-0.25, -0.2) is 0 Å². The molecule has 0 radical (unpaired) electrons. The fourth-order valence-corrected chi connectivity index (χ4v) is 2.75. The largest absolute Gasteiger partial charge is 0.496 e. The molecular weight excluding hydrogens is 300 g/mol. The smallest absolute Gasteiger partial charge is 0.310 e. The Bertz CT molecular complexity index is 760. The molecule has 0 saturated carbocycles. The number of ether oxygens (including phenoxy) is 2. The number of carboxylic acid groups (broad SMARTS) is 1. The molecule has 0 amide bonds. The molecule has 0 fully saturated rings. The van der Waals surface area contributed by atoms with Gasteiger partial charge >= 0.3 is 5.97 Å². The minimum absolute atomic E-state index is 0.154. The Morgan fingerprint density at radius 3 is 2.78 bits per heavy atom. The number of furan rings is 1. The Hall–Kier alpha value is -2.76. The van der Waals surface area contributed by atoms with E-state index < -0.39 is 11.9 Å². The van der Waals surface area contributed by atoms with Crippen molar-refractivity contribution in [3.05, 3.63) is 46.9 Å². The van der Waals surface area contributed by atoms with Gasteiger partial charge in [-0.05, 0) is 30.7 Å². The summed E-state index contributed by atoms with van der Waals surface area (Å²) in [6.07, 6.45) is 2.03. The highest BCUT2D eigenvalue weighted by molar-refractivity contribution is 6.11. The van der Waals surface area contributed by atoms with Crippen molar-refractivity contribution in [2.75, 3.05) is 13.7 Å². The number of aliphatic carboxylic acids is 1. The zero-order chi connectivity index (χ0) is 16.6. The molecule has 1 aromatic heterocycles. The Morgan fingerprint density at radius 2 is 2.17 bits per heavy atom. The number of methoxy groups -OCH3 is 1. The standard InChI is InChI=1S/C17H16O6/c1-9(17(19)20)11-8-10-5-7-23-15(10)13(16(11)21-2)14(18)12-4-3-6-22-12/h3-4,6,8-9H,5,7H2,1-2H3,(H,19,20). The molecule has 0 saturated heterocycles. The van der Waals surface area contributed by atoms with Crippen molar-refractivity contribution in [3.8, 4) is 11.5 Å². The minimum Gasteiger partial charge on any atom is -0.496 e. The molecule has 0 bridgehead atoms. The third-order valence-corrected chi connectivity index (χ3v) is 3.97. The number of hydrogen-bond donors (Lipinski definition) is 1. The topological polar surface area (TPSA) is 86.0 Å². The Labute approximate surface area is 132 Å². The number of rotatable bonds is 5. The van der Waals surface area contributed by atoms with Crippen LogP contribution < -0.4 is 9.47 Å². The number of ketones is 1. The van der Waals surface area contributed by atoms with Crippen LogP contribution in [0, 0.1) is 0 Å². The van der Waals surface area contributed by atoms with Crippen LogP contribution in [0.15, 0.2) is 28.9 Å². The van der Waals surface area contributed by atoms with Gasteiger partial charge in [0, 0.05) is 12.0 Å². The van der Waals surface area contributed by atoms with Crippen LogP contribution in [0.25, 0.3) is 0 Å². The SMILES string of the molecule is COc1c(C(C)C(=O)O)cc2c(c1C(=O)c1ccco1)OCC2. The Morgan fingerprint density at radius 1 is 1.39 bits per heavy atom. The van der Waals surface area contributed by atoms with Crippen LogP contribution in [0.4, 0.5) is 0 Å². The maximum atomic E-state index is 12.8. The Kier molecular flexibility index (Phi) is 3.82. The molecule has 1 atom stereocenters.